The Morgan fingerprint density at radius 3 is 2.63 bits per heavy atom. The molecule has 0 aliphatic carbocycles. The van der Waals surface area contributed by atoms with E-state index in [0.29, 0.717) is 31.2 Å². The van der Waals surface area contributed by atoms with Gasteiger partial charge in [0.1, 0.15) is 0 Å². The molecule has 0 aromatic heterocycles. The number of methoxy groups -OCH3 is 1. The highest BCUT2D eigenvalue weighted by molar-refractivity contribution is 7.89. The predicted octanol–water partition coefficient (Wildman–Crippen LogP) is 1.49. The Kier molecular flexibility index (Phi) is 10.3. The highest BCUT2D eigenvalue weighted by Crippen LogP contribution is 2.20. The van der Waals surface area contributed by atoms with Crippen LogP contribution in [0.1, 0.15) is 30.1 Å². The van der Waals surface area contributed by atoms with Gasteiger partial charge in [0.2, 0.25) is 10.0 Å². The molecule has 1 aromatic rings. The van der Waals surface area contributed by atoms with Crippen LogP contribution in [0.3, 0.4) is 0 Å². The summed E-state index contributed by atoms with van der Waals surface area (Å²) in [4.78, 5) is 14.6. The van der Waals surface area contributed by atoms with Crippen molar-refractivity contribution >= 4 is 28.3 Å². The van der Waals surface area contributed by atoms with E-state index in [1.165, 1.54) is 19.2 Å². The molecule has 27 heavy (non-hydrogen) atoms. The van der Waals surface area contributed by atoms with Gasteiger partial charge in [0.05, 0.1) is 11.5 Å². The zero-order valence-corrected chi connectivity index (χ0v) is 17.6. The van der Waals surface area contributed by atoms with Crippen LogP contribution < -0.4 is 10.0 Å². The van der Waals surface area contributed by atoms with Crippen LogP contribution in [0.25, 0.3) is 0 Å². The molecular weight excluding hydrogens is 390 g/mol. The summed E-state index contributed by atoms with van der Waals surface area (Å²) in [5.74, 6) is 0.483. The SMILES string of the molecule is CCNCC1CCN(C(=O)c2cccc(S(=O)(=O)NCCOC)c2)CC1.Cl. The minimum Gasteiger partial charge on any atom is -0.383 e. The molecule has 1 amide bonds. The fourth-order valence-electron chi connectivity index (χ4n) is 3.03. The molecule has 0 bridgehead atoms. The van der Waals surface area contributed by atoms with Gasteiger partial charge < -0.3 is 15.0 Å². The molecule has 1 saturated heterocycles. The lowest BCUT2D eigenvalue weighted by molar-refractivity contribution is 0.0690. The van der Waals surface area contributed by atoms with Crippen molar-refractivity contribution in [3.63, 3.8) is 0 Å². The maximum absolute atomic E-state index is 12.7. The number of nitrogens with zero attached hydrogens (tertiary/aromatic N) is 1. The Labute approximate surface area is 168 Å². The number of piperidine rings is 1. The fraction of sp³-hybridized carbons (Fsp3) is 0.611. The van der Waals surface area contributed by atoms with Crippen molar-refractivity contribution in [1.29, 1.82) is 0 Å². The third-order valence-electron chi connectivity index (χ3n) is 4.57. The van der Waals surface area contributed by atoms with Gasteiger partial charge in [-0.3, -0.25) is 4.79 Å². The van der Waals surface area contributed by atoms with Gasteiger partial charge in [0.25, 0.3) is 5.91 Å². The van der Waals surface area contributed by atoms with Crippen molar-refractivity contribution in [3.8, 4) is 0 Å². The third kappa shape index (κ3) is 7.04. The second-order valence-electron chi connectivity index (χ2n) is 6.46. The normalized spacial score (nSPS) is 15.4. The van der Waals surface area contributed by atoms with E-state index in [0.717, 1.165) is 25.9 Å². The second-order valence-corrected chi connectivity index (χ2v) is 8.23. The van der Waals surface area contributed by atoms with Crippen LogP contribution in [-0.2, 0) is 14.8 Å². The number of amides is 1. The Hall–Kier alpha value is -1.19. The quantitative estimate of drug-likeness (QED) is 0.592. The lowest BCUT2D eigenvalue weighted by Crippen LogP contribution is -2.40. The van der Waals surface area contributed by atoms with Gasteiger partial charge in [0.15, 0.2) is 0 Å². The number of hydrogen-bond acceptors (Lipinski definition) is 5. The van der Waals surface area contributed by atoms with E-state index in [1.54, 1.807) is 12.1 Å². The van der Waals surface area contributed by atoms with Crippen LogP contribution >= 0.6 is 12.4 Å². The number of hydrogen-bond donors (Lipinski definition) is 2. The number of ether oxygens (including phenoxy) is 1. The number of carbonyl (C=O) groups excluding carboxylic acids is 1. The molecule has 0 unspecified atom stereocenters. The zero-order chi connectivity index (χ0) is 19.0. The van der Waals surface area contributed by atoms with Crippen molar-refractivity contribution in [2.24, 2.45) is 5.92 Å². The van der Waals surface area contributed by atoms with E-state index in [1.807, 2.05) is 4.90 Å². The lowest BCUT2D eigenvalue weighted by atomic mass is 9.96. The summed E-state index contributed by atoms with van der Waals surface area (Å²) in [6, 6.07) is 6.22. The molecule has 0 atom stereocenters. The van der Waals surface area contributed by atoms with Gasteiger partial charge in [-0.05, 0) is 50.0 Å². The van der Waals surface area contributed by atoms with Crippen LogP contribution in [-0.4, -0.2) is 65.7 Å². The molecule has 1 aliphatic rings. The van der Waals surface area contributed by atoms with E-state index in [9.17, 15) is 13.2 Å². The van der Waals surface area contributed by atoms with Gasteiger partial charge in [0, 0.05) is 32.3 Å². The summed E-state index contributed by atoms with van der Waals surface area (Å²) in [7, 11) is -2.14. The average molecular weight is 420 g/mol. The first-order valence-electron chi connectivity index (χ1n) is 9.06. The van der Waals surface area contributed by atoms with Crippen molar-refractivity contribution in [3.05, 3.63) is 29.8 Å². The number of carbonyl (C=O) groups is 1. The Morgan fingerprint density at radius 2 is 2.00 bits per heavy atom. The maximum atomic E-state index is 12.7. The number of halogens is 1. The Morgan fingerprint density at radius 1 is 1.30 bits per heavy atom. The first kappa shape index (κ1) is 23.8. The van der Waals surface area contributed by atoms with Crippen LogP contribution in [0.4, 0.5) is 0 Å². The smallest absolute Gasteiger partial charge is 0.253 e. The van der Waals surface area contributed by atoms with Crippen molar-refractivity contribution < 1.29 is 17.9 Å². The Bertz CT molecular complexity index is 692. The van der Waals surface area contributed by atoms with Crippen molar-refractivity contribution in [2.75, 3.05) is 46.4 Å². The average Bonchev–Trinajstić information content (AvgIpc) is 2.66. The standard InChI is InChI=1S/C18H29N3O4S.ClH/c1-3-19-14-15-7-10-21(11-8-15)18(22)16-5-4-6-17(13-16)26(23,24)20-9-12-25-2;/h4-6,13,15,19-20H,3,7-12,14H2,1-2H3;1H. The molecular formula is C18H30ClN3O4S. The number of benzene rings is 1. The van der Waals surface area contributed by atoms with Gasteiger partial charge in [-0.2, -0.15) is 0 Å². The predicted molar refractivity (Wildman–Crippen MR) is 108 cm³/mol. The van der Waals surface area contributed by atoms with Crippen LogP contribution in [0, 0.1) is 5.92 Å². The van der Waals surface area contributed by atoms with E-state index in [-0.39, 0.29) is 29.8 Å². The number of sulfonamides is 1. The molecule has 1 fully saturated rings. The molecule has 2 N–H and O–H groups in total. The molecule has 1 heterocycles. The van der Waals surface area contributed by atoms with E-state index >= 15 is 0 Å². The van der Waals surface area contributed by atoms with Crippen molar-refractivity contribution in [1.82, 2.24) is 14.9 Å². The van der Waals surface area contributed by atoms with Gasteiger partial charge in [-0.25, -0.2) is 13.1 Å². The molecule has 0 saturated carbocycles. The summed E-state index contributed by atoms with van der Waals surface area (Å²) >= 11 is 0. The third-order valence-corrected chi connectivity index (χ3v) is 6.03. The maximum Gasteiger partial charge on any atom is 0.253 e. The highest BCUT2D eigenvalue weighted by Gasteiger charge is 2.24. The number of rotatable bonds is 9. The number of likely N-dealkylation sites (tertiary alicyclic amines) is 1. The fourth-order valence-corrected chi connectivity index (χ4v) is 4.09. The molecule has 9 heteroatoms. The van der Waals surface area contributed by atoms with Crippen molar-refractivity contribution in [2.45, 2.75) is 24.7 Å². The second kappa shape index (κ2) is 11.6. The molecule has 7 nitrogen and oxygen atoms in total. The summed E-state index contributed by atoms with van der Waals surface area (Å²) in [5.41, 5.74) is 0.407. The van der Waals surface area contributed by atoms with E-state index < -0.39 is 10.0 Å². The lowest BCUT2D eigenvalue weighted by Gasteiger charge is -2.32. The summed E-state index contributed by atoms with van der Waals surface area (Å²) < 4.78 is 31.9. The van der Waals surface area contributed by atoms with Crippen LogP contribution in [0.15, 0.2) is 29.2 Å². The van der Waals surface area contributed by atoms with Crippen LogP contribution in [0.5, 0.6) is 0 Å². The van der Waals surface area contributed by atoms with Gasteiger partial charge in [-0.1, -0.05) is 13.0 Å². The number of nitrogens with one attached hydrogen (secondary N) is 2. The molecule has 2 rings (SSSR count). The summed E-state index contributed by atoms with van der Waals surface area (Å²) in [6.45, 7) is 5.92. The summed E-state index contributed by atoms with van der Waals surface area (Å²) in [5, 5.41) is 3.35. The topological polar surface area (TPSA) is 87.7 Å². The van der Waals surface area contributed by atoms with E-state index in [2.05, 4.69) is 17.0 Å². The monoisotopic (exact) mass is 419 g/mol. The molecule has 0 spiro atoms. The zero-order valence-electron chi connectivity index (χ0n) is 15.9. The minimum absolute atomic E-state index is 0. The first-order valence-corrected chi connectivity index (χ1v) is 10.5. The Balaban J connectivity index is 0.00000364. The molecule has 1 aliphatic heterocycles. The minimum atomic E-state index is -3.65. The van der Waals surface area contributed by atoms with Crippen LogP contribution in [0.2, 0.25) is 0 Å². The molecule has 0 radical (unpaired) electrons. The van der Waals surface area contributed by atoms with Gasteiger partial charge in [-0.15, -0.1) is 12.4 Å². The van der Waals surface area contributed by atoms with Gasteiger partial charge >= 0.3 is 0 Å². The molecule has 1 aromatic carbocycles. The largest absolute Gasteiger partial charge is 0.383 e. The summed E-state index contributed by atoms with van der Waals surface area (Å²) in [6.07, 6.45) is 1.94. The molecule has 154 valence electrons. The van der Waals surface area contributed by atoms with E-state index in [4.69, 9.17) is 4.74 Å². The highest BCUT2D eigenvalue weighted by atomic mass is 35.5. The first-order chi connectivity index (χ1) is 12.5.